The maximum Gasteiger partial charge on any atom is 0.163 e. The summed E-state index contributed by atoms with van der Waals surface area (Å²) in [7, 11) is 0. The van der Waals surface area contributed by atoms with E-state index in [1.807, 2.05) is 25.3 Å². The van der Waals surface area contributed by atoms with E-state index in [9.17, 15) is 0 Å². The highest BCUT2D eigenvalue weighted by Gasteiger charge is 2.20. The molecule has 110 valence electrons. The number of nitrogens with one attached hydrogen (secondary N) is 1. The molecule has 0 atom stereocenters. The van der Waals surface area contributed by atoms with E-state index < -0.39 is 0 Å². The van der Waals surface area contributed by atoms with E-state index in [2.05, 4.69) is 28.3 Å². The Hall–Kier alpha value is -1.97. The number of hydrogen-bond donors (Lipinski definition) is 1. The number of aromatic nitrogens is 3. The van der Waals surface area contributed by atoms with Crippen LogP contribution in [0.15, 0.2) is 24.4 Å². The lowest BCUT2D eigenvalue weighted by molar-refractivity contribution is 0.695. The lowest BCUT2D eigenvalue weighted by Crippen LogP contribution is -2.06. The molecule has 0 unspecified atom stereocenters. The molecule has 3 rings (SSSR count). The van der Waals surface area contributed by atoms with Gasteiger partial charge in [-0.05, 0) is 38.8 Å². The maximum absolute atomic E-state index is 4.81. The van der Waals surface area contributed by atoms with Crippen LogP contribution in [0.5, 0.6) is 0 Å². The van der Waals surface area contributed by atoms with Gasteiger partial charge in [0.2, 0.25) is 0 Å². The van der Waals surface area contributed by atoms with Crippen molar-refractivity contribution in [1.29, 1.82) is 0 Å². The SMILES string of the molecule is CCNc1cc(C2CCCC2)nc(-c2ccc(C)nc2)n1. The Labute approximate surface area is 126 Å². The van der Waals surface area contributed by atoms with Gasteiger partial charge in [-0.25, -0.2) is 9.97 Å². The van der Waals surface area contributed by atoms with Crippen LogP contribution in [0.25, 0.3) is 11.4 Å². The van der Waals surface area contributed by atoms with Gasteiger partial charge in [-0.15, -0.1) is 0 Å². The molecule has 0 bridgehead atoms. The Bertz CT molecular complexity index is 601. The number of nitrogens with zero attached hydrogens (tertiary/aromatic N) is 3. The first-order chi connectivity index (χ1) is 10.3. The first-order valence-corrected chi connectivity index (χ1v) is 7.82. The Kier molecular flexibility index (Phi) is 4.13. The lowest BCUT2D eigenvalue weighted by atomic mass is 10.0. The molecule has 1 saturated carbocycles. The van der Waals surface area contributed by atoms with Crippen LogP contribution >= 0.6 is 0 Å². The molecule has 21 heavy (non-hydrogen) atoms. The van der Waals surface area contributed by atoms with Crippen molar-refractivity contribution < 1.29 is 0 Å². The summed E-state index contributed by atoms with van der Waals surface area (Å²) < 4.78 is 0. The molecule has 2 aromatic heterocycles. The molecule has 0 spiro atoms. The van der Waals surface area contributed by atoms with E-state index in [1.54, 1.807) is 0 Å². The zero-order valence-corrected chi connectivity index (χ0v) is 12.8. The highest BCUT2D eigenvalue weighted by molar-refractivity contribution is 5.56. The van der Waals surface area contributed by atoms with Crippen molar-refractivity contribution in [1.82, 2.24) is 15.0 Å². The van der Waals surface area contributed by atoms with E-state index in [1.165, 1.54) is 31.4 Å². The van der Waals surface area contributed by atoms with Crippen LogP contribution in [0.3, 0.4) is 0 Å². The van der Waals surface area contributed by atoms with Gasteiger partial charge in [0.15, 0.2) is 5.82 Å². The first kappa shape index (κ1) is 14.0. The summed E-state index contributed by atoms with van der Waals surface area (Å²) in [5.74, 6) is 2.29. The number of aryl methyl sites for hydroxylation is 1. The van der Waals surface area contributed by atoms with Crippen molar-refractivity contribution in [2.45, 2.75) is 45.4 Å². The van der Waals surface area contributed by atoms with Crippen molar-refractivity contribution in [3.8, 4) is 11.4 Å². The van der Waals surface area contributed by atoms with Gasteiger partial charge in [0, 0.05) is 41.7 Å². The number of pyridine rings is 1. The average Bonchev–Trinajstić information content (AvgIpc) is 3.02. The van der Waals surface area contributed by atoms with E-state index >= 15 is 0 Å². The van der Waals surface area contributed by atoms with Gasteiger partial charge >= 0.3 is 0 Å². The Morgan fingerprint density at radius 1 is 1.19 bits per heavy atom. The van der Waals surface area contributed by atoms with E-state index in [0.717, 1.165) is 29.4 Å². The van der Waals surface area contributed by atoms with Crippen LogP contribution in [-0.2, 0) is 0 Å². The van der Waals surface area contributed by atoms with Gasteiger partial charge in [0.25, 0.3) is 0 Å². The monoisotopic (exact) mass is 282 g/mol. The molecule has 0 aliphatic heterocycles. The van der Waals surface area contributed by atoms with Gasteiger partial charge < -0.3 is 5.32 Å². The minimum absolute atomic E-state index is 0.586. The van der Waals surface area contributed by atoms with E-state index in [0.29, 0.717) is 5.92 Å². The number of anilines is 1. The first-order valence-electron chi connectivity index (χ1n) is 7.82. The molecule has 1 N–H and O–H groups in total. The second-order valence-electron chi connectivity index (χ2n) is 5.70. The third kappa shape index (κ3) is 3.20. The quantitative estimate of drug-likeness (QED) is 0.923. The number of hydrogen-bond acceptors (Lipinski definition) is 4. The van der Waals surface area contributed by atoms with Gasteiger partial charge in [-0.3, -0.25) is 4.98 Å². The molecular formula is C17H22N4. The molecule has 2 heterocycles. The molecule has 0 amide bonds. The highest BCUT2D eigenvalue weighted by atomic mass is 15.0. The van der Waals surface area contributed by atoms with Crippen molar-refractivity contribution in [2.75, 3.05) is 11.9 Å². The fourth-order valence-electron chi connectivity index (χ4n) is 2.90. The van der Waals surface area contributed by atoms with Crippen LogP contribution < -0.4 is 5.32 Å². The molecule has 2 aromatic rings. The van der Waals surface area contributed by atoms with Crippen LogP contribution in [0.2, 0.25) is 0 Å². The third-order valence-electron chi connectivity index (χ3n) is 4.05. The molecule has 1 aliphatic carbocycles. The van der Waals surface area contributed by atoms with Crippen LogP contribution in [0, 0.1) is 6.92 Å². The molecule has 1 aliphatic rings. The second-order valence-corrected chi connectivity index (χ2v) is 5.70. The van der Waals surface area contributed by atoms with Crippen molar-refractivity contribution in [3.05, 3.63) is 35.8 Å². The highest BCUT2D eigenvalue weighted by Crippen LogP contribution is 2.34. The summed E-state index contributed by atoms with van der Waals surface area (Å²) in [6.07, 6.45) is 6.97. The fraction of sp³-hybridized carbons (Fsp3) is 0.471. The normalized spacial score (nSPS) is 15.3. The fourth-order valence-corrected chi connectivity index (χ4v) is 2.90. The molecule has 0 aromatic carbocycles. The average molecular weight is 282 g/mol. The van der Waals surface area contributed by atoms with Gasteiger partial charge in [-0.1, -0.05) is 12.8 Å². The molecule has 4 nitrogen and oxygen atoms in total. The second kappa shape index (κ2) is 6.20. The minimum atomic E-state index is 0.586. The van der Waals surface area contributed by atoms with Crippen molar-refractivity contribution in [3.63, 3.8) is 0 Å². The van der Waals surface area contributed by atoms with Gasteiger partial charge in [0.1, 0.15) is 5.82 Å². The zero-order valence-electron chi connectivity index (χ0n) is 12.8. The van der Waals surface area contributed by atoms with Crippen LogP contribution in [0.4, 0.5) is 5.82 Å². The summed E-state index contributed by atoms with van der Waals surface area (Å²) in [6.45, 7) is 4.95. The summed E-state index contributed by atoms with van der Waals surface area (Å²) >= 11 is 0. The zero-order chi connectivity index (χ0) is 14.7. The topological polar surface area (TPSA) is 50.7 Å². The summed E-state index contributed by atoms with van der Waals surface area (Å²) in [5.41, 5.74) is 3.17. The smallest absolute Gasteiger partial charge is 0.163 e. The number of rotatable bonds is 4. The molecule has 4 heteroatoms. The predicted molar refractivity (Wildman–Crippen MR) is 85.4 cm³/mol. The lowest BCUT2D eigenvalue weighted by Gasteiger charge is -2.13. The standard InChI is InChI=1S/C17H22N4/c1-3-18-16-10-15(13-6-4-5-7-13)20-17(21-16)14-9-8-12(2)19-11-14/h8-11,13H,3-7H2,1-2H3,(H,18,20,21). The molecule has 1 fully saturated rings. The summed E-state index contributed by atoms with van der Waals surface area (Å²) in [6, 6.07) is 6.17. The van der Waals surface area contributed by atoms with Gasteiger partial charge in [-0.2, -0.15) is 0 Å². The van der Waals surface area contributed by atoms with Crippen LogP contribution in [-0.4, -0.2) is 21.5 Å². The Morgan fingerprint density at radius 2 is 2.00 bits per heavy atom. The largest absolute Gasteiger partial charge is 0.370 e. The Balaban J connectivity index is 1.99. The summed E-state index contributed by atoms with van der Waals surface area (Å²) in [5, 5.41) is 3.32. The maximum atomic E-state index is 4.81. The van der Waals surface area contributed by atoms with E-state index in [-0.39, 0.29) is 0 Å². The third-order valence-corrected chi connectivity index (χ3v) is 4.05. The predicted octanol–water partition coefficient (Wildman–Crippen LogP) is 3.94. The molecule has 0 saturated heterocycles. The summed E-state index contributed by atoms with van der Waals surface area (Å²) in [4.78, 5) is 13.8. The Morgan fingerprint density at radius 3 is 2.67 bits per heavy atom. The van der Waals surface area contributed by atoms with Crippen molar-refractivity contribution >= 4 is 5.82 Å². The minimum Gasteiger partial charge on any atom is -0.370 e. The van der Waals surface area contributed by atoms with Crippen LogP contribution in [0.1, 0.15) is 49.9 Å². The molecule has 0 radical (unpaired) electrons. The van der Waals surface area contributed by atoms with Gasteiger partial charge in [0.05, 0.1) is 0 Å². The van der Waals surface area contributed by atoms with Crippen molar-refractivity contribution in [2.24, 2.45) is 0 Å². The van der Waals surface area contributed by atoms with E-state index in [4.69, 9.17) is 4.98 Å². The molecular weight excluding hydrogens is 260 g/mol.